The summed E-state index contributed by atoms with van der Waals surface area (Å²) < 4.78 is 6.47. The highest BCUT2D eigenvalue weighted by atomic mass is 79.9. The van der Waals surface area contributed by atoms with Crippen molar-refractivity contribution < 1.29 is 4.74 Å². The zero-order valence-electron chi connectivity index (χ0n) is 6.27. The fourth-order valence-electron chi connectivity index (χ4n) is 0.794. The highest BCUT2D eigenvalue weighted by Gasteiger charge is 2.08. The highest BCUT2D eigenvalue weighted by Crippen LogP contribution is 2.32. The number of benzene rings is 1. The Labute approximate surface area is 87.4 Å². The summed E-state index contributed by atoms with van der Waals surface area (Å²) >= 11 is 6.54. The van der Waals surface area contributed by atoms with E-state index in [1.165, 1.54) is 0 Å². The molecule has 0 fully saturated rings. The molecule has 1 rings (SSSR count). The van der Waals surface area contributed by atoms with Gasteiger partial charge in [-0.15, -0.1) is 0 Å². The van der Waals surface area contributed by atoms with Crippen LogP contribution in [0.25, 0.3) is 0 Å². The van der Waals surface area contributed by atoms with Gasteiger partial charge in [-0.2, -0.15) is 5.26 Å². The second-order valence-electron chi connectivity index (χ2n) is 2.05. The molecule has 1 aromatic carbocycles. The molecule has 0 atom stereocenters. The SMILES string of the molecule is COc1ccc(Br)c(C#N)c1Br. The molecule has 0 amide bonds. The van der Waals surface area contributed by atoms with Gasteiger partial charge in [0.05, 0.1) is 17.1 Å². The lowest BCUT2D eigenvalue weighted by molar-refractivity contribution is 0.412. The minimum Gasteiger partial charge on any atom is -0.496 e. The maximum absolute atomic E-state index is 8.75. The Morgan fingerprint density at radius 1 is 1.42 bits per heavy atom. The van der Waals surface area contributed by atoms with Crippen molar-refractivity contribution in [3.8, 4) is 11.8 Å². The quantitative estimate of drug-likeness (QED) is 0.796. The predicted molar refractivity (Wildman–Crippen MR) is 53.1 cm³/mol. The summed E-state index contributed by atoms with van der Waals surface area (Å²) in [5.74, 6) is 0.662. The van der Waals surface area contributed by atoms with Crippen LogP contribution in [0.3, 0.4) is 0 Å². The van der Waals surface area contributed by atoms with E-state index >= 15 is 0 Å². The van der Waals surface area contributed by atoms with Crippen molar-refractivity contribution in [2.45, 2.75) is 0 Å². The number of ether oxygens (including phenoxy) is 1. The van der Waals surface area contributed by atoms with Crippen molar-refractivity contribution >= 4 is 31.9 Å². The Bertz CT molecular complexity index is 344. The van der Waals surface area contributed by atoms with Gasteiger partial charge in [0.2, 0.25) is 0 Å². The molecule has 0 aliphatic heterocycles. The minimum absolute atomic E-state index is 0.550. The first-order chi connectivity index (χ1) is 5.70. The van der Waals surface area contributed by atoms with Crippen molar-refractivity contribution in [2.75, 3.05) is 7.11 Å². The summed E-state index contributed by atoms with van der Waals surface area (Å²) in [5.41, 5.74) is 0.550. The monoisotopic (exact) mass is 289 g/mol. The Hall–Kier alpha value is -0.530. The molecule has 0 aliphatic rings. The van der Waals surface area contributed by atoms with E-state index in [2.05, 4.69) is 37.9 Å². The second-order valence-corrected chi connectivity index (χ2v) is 3.70. The largest absolute Gasteiger partial charge is 0.496 e. The van der Waals surface area contributed by atoms with E-state index in [1.807, 2.05) is 0 Å². The predicted octanol–water partition coefficient (Wildman–Crippen LogP) is 3.09. The van der Waals surface area contributed by atoms with Crippen LogP contribution in [0.2, 0.25) is 0 Å². The van der Waals surface area contributed by atoms with Gasteiger partial charge in [0.15, 0.2) is 0 Å². The number of nitrogens with zero attached hydrogens (tertiary/aromatic N) is 1. The van der Waals surface area contributed by atoms with E-state index in [-0.39, 0.29) is 0 Å². The molecule has 12 heavy (non-hydrogen) atoms. The second kappa shape index (κ2) is 3.92. The first kappa shape index (κ1) is 9.56. The van der Waals surface area contributed by atoms with Crippen LogP contribution in [0, 0.1) is 11.3 Å². The summed E-state index contributed by atoms with van der Waals surface area (Å²) in [6.07, 6.45) is 0. The van der Waals surface area contributed by atoms with E-state index in [0.717, 1.165) is 4.47 Å². The summed E-state index contributed by atoms with van der Waals surface area (Å²) in [6.45, 7) is 0. The summed E-state index contributed by atoms with van der Waals surface area (Å²) in [6, 6.07) is 5.63. The normalized spacial score (nSPS) is 9.17. The summed E-state index contributed by atoms with van der Waals surface area (Å²) in [4.78, 5) is 0. The Morgan fingerprint density at radius 3 is 2.58 bits per heavy atom. The summed E-state index contributed by atoms with van der Waals surface area (Å²) in [5, 5.41) is 8.75. The fourth-order valence-corrected chi connectivity index (χ4v) is 2.07. The molecule has 62 valence electrons. The van der Waals surface area contributed by atoms with E-state index in [0.29, 0.717) is 15.8 Å². The van der Waals surface area contributed by atoms with Gasteiger partial charge in [-0.05, 0) is 44.0 Å². The first-order valence-corrected chi connectivity index (χ1v) is 4.71. The first-order valence-electron chi connectivity index (χ1n) is 3.12. The number of hydrogen-bond acceptors (Lipinski definition) is 2. The highest BCUT2D eigenvalue weighted by molar-refractivity contribution is 9.11. The Kier molecular flexibility index (Phi) is 3.12. The topological polar surface area (TPSA) is 33.0 Å². The van der Waals surface area contributed by atoms with E-state index in [1.54, 1.807) is 19.2 Å². The third-order valence-electron chi connectivity index (χ3n) is 1.39. The molecule has 0 bridgehead atoms. The van der Waals surface area contributed by atoms with Gasteiger partial charge < -0.3 is 4.74 Å². The van der Waals surface area contributed by atoms with Gasteiger partial charge in [-0.25, -0.2) is 0 Å². The van der Waals surface area contributed by atoms with Crippen molar-refractivity contribution in [3.05, 3.63) is 26.6 Å². The molecule has 0 spiro atoms. The van der Waals surface area contributed by atoms with Crippen LogP contribution in [0.1, 0.15) is 5.56 Å². The molecule has 1 aromatic rings. The molecular weight excluding hydrogens is 286 g/mol. The molecule has 0 saturated heterocycles. The summed E-state index contributed by atoms with van der Waals surface area (Å²) in [7, 11) is 1.56. The number of rotatable bonds is 1. The molecule has 2 nitrogen and oxygen atoms in total. The molecule has 4 heteroatoms. The Morgan fingerprint density at radius 2 is 2.08 bits per heavy atom. The standard InChI is InChI=1S/C8H5Br2NO/c1-12-7-3-2-6(9)5(4-11)8(7)10/h2-3H,1H3. The average molecular weight is 291 g/mol. The zero-order valence-corrected chi connectivity index (χ0v) is 9.44. The fraction of sp³-hybridized carbons (Fsp3) is 0.125. The third-order valence-corrected chi connectivity index (χ3v) is 2.84. The molecule has 0 heterocycles. The maximum Gasteiger partial charge on any atom is 0.134 e. The molecule has 0 saturated carbocycles. The van der Waals surface area contributed by atoms with Gasteiger partial charge in [0.25, 0.3) is 0 Å². The molecular formula is C8H5Br2NO. The van der Waals surface area contributed by atoms with Gasteiger partial charge in [-0.3, -0.25) is 0 Å². The minimum atomic E-state index is 0.550. The van der Waals surface area contributed by atoms with Gasteiger partial charge in [-0.1, -0.05) is 0 Å². The van der Waals surface area contributed by atoms with E-state index < -0.39 is 0 Å². The number of methoxy groups -OCH3 is 1. The molecule has 0 aliphatic carbocycles. The van der Waals surface area contributed by atoms with Crippen LogP contribution >= 0.6 is 31.9 Å². The lowest BCUT2D eigenvalue weighted by Gasteiger charge is -2.04. The average Bonchev–Trinajstić information content (AvgIpc) is 2.06. The molecule has 0 aromatic heterocycles. The lowest BCUT2D eigenvalue weighted by Crippen LogP contribution is -1.87. The number of halogens is 2. The van der Waals surface area contributed by atoms with Crippen LogP contribution in [0.4, 0.5) is 0 Å². The van der Waals surface area contributed by atoms with Crippen LogP contribution in [0.5, 0.6) is 5.75 Å². The Balaban J connectivity index is 3.36. The van der Waals surface area contributed by atoms with Crippen molar-refractivity contribution in [3.63, 3.8) is 0 Å². The van der Waals surface area contributed by atoms with E-state index in [9.17, 15) is 0 Å². The van der Waals surface area contributed by atoms with Gasteiger partial charge in [0, 0.05) is 4.47 Å². The van der Waals surface area contributed by atoms with Gasteiger partial charge in [0.1, 0.15) is 11.8 Å². The number of nitriles is 1. The third kappa shape index (κ3) is 1.62. The smallest absolute Gasteiger partial charge is 0.134 e. The zero-order chi connectivity index (χ0) is 9.14. The van der Waals surface area contributed by atoms with Crippen LogP contribution in [0.15, 0.2) is 21.1 Å². The van der Waals surface area contributed by atoms with E-state index in [4.69, 9.17) is 10.00 Å². The van der Waals surface area contributed by atoms with Crippen molar-refractivity contribution in [2.24, 2.45) is 0 Å². The number of hydrogen-bond donors (Lipinski definition) is 0. The molecule has 0 N–H and O–H groups in total. The van der Waals surface area contributed by atoms with Crippen LogP contribution in [-0.2, 0) is 0 Å². The van der Waals surface area contributed by atoms with Gasteiger partial charge >= 0.3 is 0 Å². The molecule has 0 unspecified atom stereocenters. The van der Waals surface area contributed by atoms with Crippen LogP contribution < -0.4 is 4.74 Å². The van der Waals surface area contributed by atoms with Crippen LogP contribution in [-0.4, -0.2) is 7.11 Å². The lowest BCUT2D eigenvalue weighted by atomic mass is 10.2. The van der Waals surface area contributed by atoms with Crippen molar-refractivity contribution in [1.82, 2.24) is 0 Å². The van der Waals surface area contributed by atoms with Crippen molar-refractivity contribution in [1.29, 1.82) is 5.26 Å². The maximum atomic E-state index is 8.75. The molecule has 0 radical (unpaired) electrons.